The van der Waals surface area contributed by atoms with Crippen molar-refractivity contribution in [1.82, 2.24) is 14.5 Å². The van der Waals surface area contributed by atoms with Gasteiger partial charge in [-0.2, -0.15) is 0 Å². The van der Waals surface area contributed by atoms with Gasteiger partial charge in [-0.3, -0.25) is 14.4 Å². The first kappa shape index (κ1) is 24.4. The van der Waals surface area contributed by atoms with E-state index < -0.39 is 46.1 Å². The molecule has 3 amide bonds. The molecule has 2 aromatic carbocycles. The monoisotopic (exact) mass is 475 g/mol. The normalized spacial score (nSPS) is 15.3. The zero-order valence-electron chi connectivity index (χ0n) is 18.6. The molecule has 1 unspecified atom stereocenters. The van der Waals surface area contributed by atoms with Crippen LogP contribution in [0.15, 0.2) is 53.4 Å². The Bertz CT molecular complexity index is 1160. The average Bonchev–Trinajstić information content (AvgIpc) is 2.95. The second-order valence-corrected chi connectivity index (χ2v) is 9.88. The van der Waals surface area contributed by atoms with Gasteiger partial charge in [0.05, 0.1) is 5.56 Å². The summed E-state index contributed by atoms with van der Waals surface area (Å²) in [5.74, 6) is -2.36. The van der Waals surface area contributed by atoms with Crippen LogP contribution in [0.5, 0.6) is 0 Å². The number of hydrogen-bond donors (Lipinski definition) is 1. The number of carbonyl (C=O) groups is 3. The minimum absolute atomic E-state index is 0.0000214. The second-order valence-electron chi connectivity index (χ2n) is 8.05. The summed E-state index contributed by atoms with van der Waals surface area (Å²) in [4.78, 5) is 40.0. The lowest BCUT2D eigenvalue weighted by Crippen LogP contribution is -2.53. The van der Waals surface area contributed by atoms with Crippen LogP contribution in [-0.4, -0.2) is 54.0 Å². The molecule has 8 nitrogen and oxygen atoms in total. The summed E-state index contributed by atoms with van der Waals surface area (Å²) in [6.45, 7) is 4.48. The van der Waals surface area contributed by atoms with Crippen LogP contribution in [0.4, 0.5) is 4.39 Å². The Morgan fingerprint density at radius 1 is 1.09 bits per heavy atom. The van der Waals surface area contributed by atoms with Gasteiger partial charge >= 0.3 is 0 Å². The van der Waals surface area contributed by atoms with E-state index in [1.807, 2.05) is 0 Å². The van der Waals surface area contributed by atoms with Gasteiger partial charge in [-0.1, -0.05) is 31.2 Å². The number of sulfonamides is 1. The fraction of sp³-hybridized carbons (Fsp3) is 0.348. The smallest absolute Gasteiger partial charge is 0.269 e. The molecule has 0 saturated carbocycles. The Balaban J connectivity index is 1.92. The third-order valence-corrected chi connectivity index (χ3v) is 7.06. The highest BCUT2D eigenvalue weighted by Crippen LogP contribution is 2.30. The fourth-order valence-electron chi connectivity index (χ4n) is 3.69. The molecule has 0 fully saturated rings. The first-order valence-electron chi connectivity index (χ1n) is 10.6. The Kier molecular flexibility index (Phi) is 7.16. The van der Waals surface area contributed by atoms with Crippen molar-refractivity contribution in [2.75, 3.05) is 6.54 Å². The predicted octanol–water partition coefficient (Wildman–Crippen LogP) is 2.30. The predicted molar refractivity (Wildman–Crippen MR) is 119 cm³/mol. The van der Waals surface area contributed by atoms with Crippen LogP contribution in [0.3, 0.4) is 0 Å². The molecule has 0 aliphatic carbocycles. The van der Waals surface area contributed by atoms with Crippen molar-refractivity contribution in [1.29, 1.82) is 0 Å². The zero-order valence-corrected chi connectivity index (χ0v) is 19.4. The van der Waals surface area contributed by atoms with Crippen LogP contribution in [0, 0.1) is 5.82 Å². The second kappa shape index (κ2) is 9.70. The molecule has 3 rings (SSSR count). The van der Waals surface area contributed by atoms with Crippen molar-refractivity contribution in [3.05, 3.63) is 65.5 Å². The molecule has 1 heterocycles. The van der Waals surface area contributed by atoms with Gasteiger partial charge in [0.25, 0.3) is 15.9 Å². The van der Waals surface area contributed by atoms with E-state index in [9.17, 15) is 27.2 Å². The maximum atomic E-state index is 13.4. The highest BCUT2D eigenvalue weighted by atomic mass is 32.2. The molecule has 1 aliphatic heterocycles. The first-order chi connectivity index (χ1) is 15.6. The van der Waals surface area contributed by atoms with Crippen molar-refractivity contribution in [2.45, 2.75) is 50.7 Å². The molecule has 1 aliphatic rings. The van der Waals surface area contributed by atoms with Crippen LogP contribution in [0.25, 0.3) is 0 Å². The molecule has 0 radical (unpaired) electrons. The third-order valence-electron chi connectivity index (χ3n) is 5.27. The summed E-state index contributed by atoms with van der Waals surface area (Å²) in [6.07, 6.45) is 0.256. The number of rotatable bonds is 8. The van der Waals surface area contributed by atoms with Crippen LogP contribution < -0.4 is 5.32 Å². The van der Waals surface area contributed by atoms with E-state index in [2.05, 4.69) is 5.32 Å². The minimum Gasteiger partial charge on any atom is -0.352 e. The number of benzene rings is 2. The van der Waals surface area contributed by atoms with Gasteiger partial charge in [0, 0.05) is 12.6 Å². The molecule has 0 aromatic heterocycles. The summed E-state index contributed by atoms with van der Waals surface area (Å²) >= 11 is 0. The van der Waals surface area contributed by atoms with E-state index in [0.29, 0.717) is 9.87 Å². The Labute approximate surface area is 192 Å². The molecule has 2 aromatic rings. The number of carbonyl (C=O) groups excluding carboxylic acids is 3. The maximum Gasteiger partial charge on any atom is 0.269 e. The van der Waals surface area contributed by atoms with Crippen LogP contribution in [0.1, 0.15) is 43.1 Å². The molecule has 0 saturated heterocycles. The fourth-order valence-corrected chi connectivity index (χ4v) is 5.21. The van der Waals surface area contributed by atoms with E-state index in [1.54, 1.807) is 26.8 Å². The van der Waals surface area contributed by atoms with Gasteiger partial charge in [0.1, 0.15) is 23.3 Å². The molecule has 0 spiro atoms. The van der Waals surface area contributed by atoms with Crippen molar-refractivity contribution in [2.24, 2.45) is 0 Å². The minimum atomic E-state index is -4.19. The van der Waals surface area contributed by atoms with Gasteiger partial charge in [0.15, 0.2) is 0 Å². The Morgan fingerprint density at radius 3 is 2.30 bits per heavy atom. The summed E-state index contributed by atoms with van der Waals surface area (Å²) in [5, 5.41) is 2.77. The van der Waals surface area contributed by atoms with Crippen molar-refractivity contribution in [3.63, 3.8) is 0 Å². The number of hydrogen-bond acceptors (Lipinski definition) is 5. The molecule has 0 bridgehead atoms. The lowest BCUT2D eigenvalue weighted by molar-refractivity contribution is -0.141. The zero-order chi connectivity index (χ0) is 24.3. The van der Waals surface area contributed by atoms with Gasteiger partial charge in [-0.15, -0.1) is 0 Å². The standard InChI is InChI=1S/C23H26FN3O5S/c1-4-19(22(29)25-15(2)3)26(13-16-9-11-17(24)12-10-16)21(28)14-27-23(30)18-7-5-6-8-20(18)33(27,31)32/h5-12,15,19H,4,13-14H2,1-3H3,(H,25,29). The van der Waals surface area contributed by atoms with E-state index in [1.165, 1.54) is 47.4 Å². The number of fused-ring (bicyclic) bond motifs is 1. The number of halogens is 1. The third kappa shape index (κ3) is 5.05. The number of nitrogens with one attached hydrogen (secondary N) is 1. The topological polar surface area (TPSA) is 104 Å². The summed E-state index contributed by atoms with van der Waals surface area (Å²) in [7, 11) is -4.19. The lowest BCUT2D eigenvalue weighted by Gasteiger charge is -2.32. The Hall–Kier alpha value is -3.27. The molecule has 176 valence electrons. The first-order valence-corrected chi connectivity index (χ1v) is 12.0. The van der Waals surface area contributed by atoms with Crippen molar-refractivity contribution < 1.29 is 27.2 Å². The number of amides is 3. The van der Waals surface area contributed by atoms with Crippen molar-refractivity contribution >= 4 is 27.7 Å². The summed E-state index contributed by atoms with van der Waals surface area (Å²) in [6, 6.07) is 10.1. The number of nitrogens with zero attached hydrogens (tertiary/aromatic N) is 2. The molecule has 10 heteroatoms. The SMILES string of the molecule is CCC(C(=O)NC(C)C)N(Cc1ccc(F)cc1)C(=O)CN1C(=O)c2ccccc2S1(=O)=O. The maximum absolute atomic E-state index is 13.4. The van der Waals surface area contributed by atoms with Gasteiger partial charge in [-0.05, 0) is 50.1 Å². The highest BCUT2D eigenvalue weighted by Gasteiger charge is 2.43. The van der Waals surface area contributed by atoms with E-state index in [-0.39, 0.29) is 29.5 Å². The van der Waals surface area contributed by atoms with E-state index in [0.717, 1.165) is 0 Å². The quantitative estimate of drug-likeness (QED) is 0.631. The molecule has 33 heavy (non-hydrogen) atoms. The van der Waals surface area contributed by atoms with Crippen molar-refractivity contribution in [3.8, 4) is 0 Å². The highest BCUT2D eigenvalue weighted by molar-refractivity contribution is 7.90. The molecular weight excluding hydrogens is 449 g/mol. The largest absolute Gasteiger partial charge is 0.352 e. The van der Waals surface area contributed by atoms with Gasteiger partial charge < -0.3 is 10.2 Å². The molecular formula is C23H26FN3O5S. The average molecular weight is 476 g/mol. The van der Waals surface area contributed by atoms with Crippen LogP contribution in [0.2, 0.25) is 0 Å². The van der Waals surface area contributed by atoms with Crippen LogP contribution >= 0.6 is 0 Å². The van der Waals surface area contributed by atoms with E-state index in [4.69, 9.17) is 0 Å². The molecule has 1 atom stereocenters. The van der Waals surface area contributed by atoms with E-state index >= 15 is 0 Å². The van der Waals surface area contributed by atoms with Gasteiger partial charge in [0.2, 0.25) is 11.8 Å². The lowest BCUT2D eigenvalue weighted by atomic mass is 10.1. The van der Waals surface area contributed by atoms with Gasteiger partial charge in [-0.25, -0.2) is 17.1 Å². The Morgan fingerprint density at radius 2 is 1.73 bits per heavy atom. The molecule has 1 N–H and O–H groups in total. The van der Waals surface area contributed by atoms with Crippen LogP contribution in [-0.2, 0) is 26.2 Å². The summed E-state index contributed by atoms with van der Waals surface area (Å²) in [5.41, 5.74) is 0.555. The summed E-state index contributed by atoms with van der Waals surface area (Å²) < 4.78 is 39.6.